The summed E-state index contributed by atoms with van der Waals surface area (Å²) >= 11 is 3.51. The quantitative estimate of drug-likeness (QED) is 0.619. The lowest BCUT2D eigenvalue weighted by Crippen LogP contribution is -2.30. The number of nitrogens with zero attached hydrogens (tertiary/aromatic N) is 2. The second kappa shape index (κ2) is 7.06. The largest absolute Gasteiger partial charge is 0.496 e. The number of rotatable bonds is 6. The van der Waals surface area contributed by atoms with E-state index in [0.717, 1.165) is 34.4 Å². The molecule has 0 amide bonds. The zero-order chi connectivity index (χ0) is 15.4. The van der Waals surface area contributed by atoms with E-state index in [9.17, 15) is 0 Å². The predicted molar refractivity (Wildman–Crippen MR) is 87.1 cm³/mol. The van der Waals surface area contributed by atoms with Crippen LogP contribution in [0.2, 0.25) is 0 Å². The Morgan fingerprint density at radius 1 is 1.43 bits per heavy atom. The molecule has 0 fully saturated rings. The van der Waals surface area contributed by atoms with Gasteiger partial charge in [-0.15, -0.1) is 0 Å². The van der Waals surface area contributed by atoms with Crippen LogP contribution in [0.15, 0.2) is 28.7 Å². The van der Waals surface area contributed by atoms with Crippen molar-refractivity contribution in [2.24, 2.45) is 5.84 Å². The molecule has 1 heterocycles. The van der Waals surface area contributed by atoms with Gasteiger partial charge in [-0.2, -0.15) is 5.10 Å². The van der Waals surface area contributed by atoms with E-state index in [0.29, 0.717) is 0 Å². The van der Waals surface area contributed by atoms with Crippen LogP contribution in [-0.4, -0.2) is 16.9 Å². The molecule has 1 unspecified atom stereocenters. The molecule has 0 saturated carbocycles. The first-order valence-corrected chi connectivity index (χ1v) is 7.71. The van der Waals surface area contributed by atoms with Crippen LogP contribution >= 0.6 is 15.9 Å². The van der Waals surface area contributed by atoms with Crippen LogP contribution in [-0.2, 0) is 13.0 Å². The Hall–Kier alpha value is -1.37. The van der Waals surface area contributed by atoms with Gasteiger partial charge in [-0.25, -0.2) is 0 Å². The molecule has 0 aliphatic rings. The fourth-order valence-electron chi connectivity index (χ4n) is 2.42. The van der Waals surface area contributed by atoms with E-state index in [1.54, 1.807) is 7.11 Å². The molecule has 2 rings (SSSR count). The molecule has 0 spiro atoms. The molecule has 0 aliphatic heterocycles. The lowest BCUT2D eigenvalue weighted by atomic mass is 10.0. The Morgan fingerprint density at radius 3 is 2.76 bits per heavy atom. The molecule has 1 aromatic heterocycles. The van der Waals surface area contributed by atoms with Gasteiger partial charge in [0.2, 0.25) is 0 Å². The smallest absolute Gasteiger partial charge is 0.133 e. The highest BCUT2D eigenvalue weighted by atomic mass is 79.9. The molecule has 1 aromatic carbocycles. The van der Waals surface area contributed by atoms with Crippen molar-refractivity contribution < 1.29 is 4.74 Å². The number of hydrogen-bond acceptors (Lipinski definition) is 4. The molecular weight excluding hydrogens is 332 g/mol. The Morgan fingerprint density at radius 2 is 2.19 bits per heavy atom. The maximum absolute atomic E-state index is 5.75. The van der Waals surface area contributed by atoms with Crippen molar-refractivity contribution in [3.05, 3.63) is 45.7 Å². The van der Waals surface area contributed by atoms with Gasteiger partial charge in [0.25, 0.3) is 0 Å². The van der Waals surface area contributed by atoms with Crippen molar-refractivity contribution >= 4 is 15.9 Å². The Labute approximate surface area is 133 Å². The van der Waals surface area contributed by atoms with E-state index in [1.807, 2.05) is 29.8 Å². The highest BCUT2D eigenvalue weighted by Gasteiger charge is 2.15. The number of hydrogen-bond donors (Lipinski definition) is 2. The number of nitrogens with two attached hydrogens (primary N) is 1. The molecule has 114 valence electrons. The highest BCUT2D eigenvalue weighted by Crippen LogP contribution is 2.29. The van der Waals surface area contributed by atoms with Gasteiger partial charge in [0.1, 0.15) is 5.75 Å². The molecule has 6 heteroatoms. The van der Waals surface area contributed by atoms with Gasteiger partial charge in [-0.1, -0.05) is 6.07 Å². The Bertz CT molecular complexity index is 612. The lowest BCUT2D eigenvalue weighted by molar-refractivity contribution is 0.411. The number of benzene rings is 1. The summed E-state index contributed by atoms with van der Waals surface area (Å²) in [6.07, 6.45) is 0.782. The molecule has 0 radical (unpaired) electrons. The zero-order valence-electron chi connectivity index (χ0n) is 12.6. The minimum Gasteiger partial charge on any atom is -0.496 e. The standard InChI is InChI=1S/C15H21BrN4O/c1-4-20-12(7-10(2)19-20)9-14(18-17)11-5-6-15(21-3)13(16)8-11/h5-8,14,18H,4,9,17H2,1-3H3. The molecule has 3 N–H and O–H groups in total. The average Bonchev–Trinajstić information content (AvgIpc) is 2.84. The first kappa shape index (κ1) is 16.0. The number of nitrogens with one attached hydrogen (secondary N) is 1. The fourth-order valence-corrected chi connectivity index (χ4v) is 2.98. The highest BCUT2D eigenvalue weighted by molar-refractivity contribution is 9.10. The average molecular weight is 353 g/mol. The molecular formula is C15H21BrN4O. The molecule has 0 saturated heterocycles. The normalized spacial score (nSPS) is 12.4. The van der Waals surface area contributed by atoms with Crippen molar-refractivity contribution in [3.8, 4) is 5.75 Å². The van der Waals surface area contributed by atoms with E-state index < -0.39 is 0 Å². The van der Waals surface area contributed by atoms with Crippen LogP contribution in [0, 0.1) is 6.92 Å². The molecule has 1 atom stereocenters. The van der Waals surface area contributed by atoms with Crippen molar-refractivity contribution in [1.82, 2.24) is 15.2 Å². The van der Waals surface area contributed by atoms with Gasteiger partial charge in [0.15, 0.2) is 0 Å². The third-order valence-corrected chi connectivity index (χ3v) is 4.10. The van der Waals surface area contributed by atoms with Crippen LogP contribution < -0.4 is 16.0 Å². The lowest BCUT2D eigenvalue weighted by Gasteiger charge is -2.18. The number of halogens is 1. The summed E-state index contributed by atoms with van der Waals surface area (Å²) in [6, 6.07) is 8.11. The summed E-state index contributed by atoms with van der Waals surface area (Å²) in [4.78, 5) is 0. The fraction of sp³-hybridized carbons (Fsp3) is 0.400. The Balaban J connectivity index is 2.25. The maximum atomic E-state index is 5.75. The second-order valence-corrected chi connectivity index (χ2v) is 5.76. The van der Waals surface area contributed by atoms with E-state index >= 15 is 0 Å². The van der Waals surface area contributed by atoms with Crippen LogP contribution in [0.25, 0.3) is 0 Å². The van der Waals surface area contributed by atoms with E-state index in [4.69, 9.17) is 10.6 Å². The first-order valence-electron chi connectivity index (χ1n) is 6.92. The molecule has 2 aromatic rings. The number of aryl methyl sites for hydroxylation is 2. The van der Waals surface area contributed by atoms with Gasteiger partial charge >= 0.3 is 0 Å². The minimum atomic E-state index is 0.0219. The first-order chi connectivity index (χ1) is 10.1. The SMILES string of the molecule is CCn1nc(C)cc1CC(NN)c1ccc(OC)c(Br)c1. The van der Waals surface area contributed by atoms with Gasteiger partial charge in [0, 0.05) is 18.7 Å². The predicted octanol–water partition coefficient (Wildman–Crippen LogP) is 2.73. The number of ether oxygens (including phenoxy) is 1. The topological polar surface area (TPSA) is 65.1 Å². The summed E-state index contributed by atoms with van der Waals surface area (Å²) in [7, 11) is 1.65. The molecule has 0 bridgehead atoms. The third kappa shape index (κ3) is 3.64. The number of hydrazine groups is 1. The minimum absolute atomic E-state index is 0.0219. The summed E-state index contributed by atoms with van der Waals surface area (Å²) in [5.74, 6) is 6.55. The van der Waals surface area contributed by atoms with E-state index in [2.05, 4.69) is 39.4 Å². The molecule has 21 heavy (non-hydrogen) atoms. The van der Waals surface area contributed by atoms with Crippen molar-refractivity contribution in [3.63, 3.8) is 0 Å². The van der Waals surface area contributed by atoms with Crippen molar-refractivity contribution in [2.45, 2.75) is 32.9 Å². The third-order valence-electron chi connectivity index (χ3n) is 3.48. The monoisotopic (exact) mass is 352 g/mol. The van der Waals surface area contributed by atoms with Crippen LogP contribution in [0.3, 0.4) is 0 Å². The van der Waals surface area contributed by atoms with Crippen molar-refractivity contribution in [2.75, 3.05) is 7.11 Å². The van der Waals surface area contributed by atoms with Crippen LogP contribution in [0.1, 0.15) is 29.9 Å². The van der Waals surface area contributed by atoms with Gasteiger partial charge < -0.3 is 4.74 Å². The number of methoxy groups -OCH3 is 1. The number of aromatic nitrogens is 2. The van der Waals surface area contributed by atoms with Crippen LogP contribution in [0.4, 0.5) is 0 Å². The van der Waals surface area contributed by atoms with E-state index in [1.165, 1.54) is 5.69 Å². The Kier molecular flexibility index (Phi) is 5.39. The molecule has 0 aliphatic carbocycles. The van der Waals surface area contributed by atoms with Crippen LogP contribution in [0.5, 0.6) is 5.75 Å². The summed E-state index contributed by atoms with van der Waals surface area (Å²) in [5, 5.41) is 4.47. The van der Waals surface area contributed by atoms with E-state index in [-0.39, 0.29) is 6.04 Å². The zero-order valence-corrected chi connectivity index (χ0v) is 14.1. The maximum Gasteiger partial charge on any atom is 0.133 e. The summed E-state index contributed by atoms with van der Waals surface area (Å²) in [5.41, 5.74) is 6.19. The molecule has 5 nitrogen and oxygen atoms in total. The second-order valence-electron chi connectivity index (χ2n) is 4.91. The summed E-state index contributed by atoms with van der Waals surface area (Å²) < 4.78 is 8.19. The van der Waals surface area contributed by atoms with Crippen molar-refractivity contribution in [1.29, 1.82) is 0 Å². The summed E-state index contributed by atoms with van der Waals surface area (Å²) in [6.45, 7) is 4.95. The van der Waals surface area contributed by atoms with Gasteiger partial charge in [-0.3, -0.25) is 16.0 Å². The van der Waals surface area contributed by atoms with Gasteiger partial charge in [0.05, 0.1) is 23.3 Å². The van der Waals surface area contributed by atoms with Gasteiger partial charge in [-0.05, 0) is 53.5 Å².